The summed E-state index contributed by atoms with van der Waals surface area (Å²) in [4.78, 5) is 14.5. The van der Waals surface area contributed by atoms with Crippen LogP contribution in [0, 0.1) is 5.92 Å². The van der Waals surface area contributed by atoms with Gasteiger partial charge in [0.15, 0.2) is 0 Å². The fourth-order valence-electron chi connectivity index (χ4n) is 3.43. The van der Waals surface area contributed by atoms with Gasteiger partial charge >= 0.3 is 0 Å². The third-order valence-electron chi connectivity index (χ3n) is 4.68. The molecule has 0 aliphatic carbocycles. The number of carbonyl (C=O) groups is 1. The number of piperidine rings is 1. The summed E-state index contributed by atoms with van der Waals surface area (Å²) in [6.45, 7) is 7.22. The molecule has 0 saturated carbocycles. The van der Waals surface area contributed by atoms with Crippen LogP contribution in [0.4, 0.5) is 5.82 Å². The Morgan fingerprint density at radius 2 is 1.92 bits per heavy atom. The Morgan fingerprint density at radius 3 is 2.60 bits per heavy atom. The van der Waals surface area contributed by atoms with Gasteiger partial charge in [-0.1, -0.05) is 44.2 Å². The van der Waals surface area contributed by atoms with Gasteiger partial charge < -0.3 is 5.32 Å². The molecule has 5 heteroatoms. The zero-order valence-corrected chi connectivity index (χ0v) is 15.2. The van der Waals surface area contributed by atoms with Crippen molar-refractivity contribution in [1.82, 2.24) is 14.7 Å². The van der Waals surface area contributed by atoms with Crippen LogP contribution in [0.5, 0.6) is 0 Å². The minimum Gasteiger partial charge on any atom is -0.311 e. The molecule has 5 nitrogen and oxygen atoms in total. The number of likely N-dealkylation sites (tertiary alicyclic amines) is 1. The monoisotopic (exact) mass is 340 g/mol. The van der Waals surface area contributed by atoms with Crippen LogP contribution in [0.2, 0.25) is 0 Å². The van der Waals surface area contributed by atoms with Crippen LogP contribution in [0.3, 0.4) is 0 Å². The summed E-state index contributed by atoms with van der Waals surface area (Å²) in [6.07, 6.45) is 4.44. The average molecular weight is 340 g/mol. The first kappa shape index (κ1) is 17.7. The van der Waals surface area contributed by atoms with Crippen molar-refractivity contribution in [3.63, 3.8) is 0 Å². The van der Waals surface area contributed by atoms with Crippen LogP contribution in [0.25, 0.3) is 0 Å². The summed E-state index contributed by atoms with van der Waals surface area (Å²) >= 11 is 0. The number of amides is 1. The average Bonchev–Trinajstić information content (AvgIpc) is 3.04. The molecule has 0 radical (unpaired) electrons. The number of rotatable bonds is 6. The van der Waals surface area contributed by atoms with E-state index in [1.807, 2.05) is 10.7 Å². The Kier molecular flexibility index (Phi) is 5.87. The highest BCUT2D eigenvalue weighted by Crippen LogP contribution is 2.26. The fraction of sp³-hybridized carbons (Fsp3) is 0.500. The van der Waals surface area contributed by atoms with Gasteiger partial charge in [-0.3, -0.25) is 9.69 Å². The van der Waals surface area contributed by atoms with Crippen molar-refractivity contribution in [3.05, 3.63) is 48.2 Å². The maximum atomic E-state index is 12.1. The van der Waals surface area contributed by atoms with E-state index in [0.717, 1.165) is 38.3 Å². The molecule has 2 heterocycles. The van der Waals surface area contributed by atoms with Crippen LogP contribution >= 0.6 is 0 Å². The first-order valence-electron chi connectivity index (χ1n) is 9.21. The van der Waals surface area contributed by atoms with Gasteiger partial charge in [0.1, 0.15) is 5.82 Å². The second-order valence-corrected chi connectivity index (χ2v) is 7.30. The number of nitrogens with one attached hydrogen (secondary N) is 1. The van der Waals surface area contributed by atoms with Crippen LogP contribution in [-0.2, 0) is 11.3 Å². The molecule has 1 amide bonds. The second kappa shape index (κ2) is 8.30. The molecule has 25 heavy (non-hydrogen) atoms. The number of aromatic nitrogens is 2. The first-order valence-corrected chi connectivity index (χ1v) is 9.21. The molecule has 2 aromatic rings. The lowest BCUT2D eigenvalue weighted by Gasteiger charge is -2.32. The van der Waals surface area contributed by atoms with E-state index in [1.165, 1.54) is 5.56 Å². The van der Waals surface area contributed by atoms with E-state index in [1.54, 1.807) is 6.20 Å². The van der Waals surface area contributed by atoms with E-state index < -0.39 is 0 Å². The largest absolute Gasteiger partial charge is 0.311 e. The number of nitrogens with zero attached hydrogens (tertiary/aromatic N) is 3. The van der Waals surface area contributed by atoms with Crippen molar-refractivity contribution in [2.24, 2.45) is 5.92 Å². The highest BCUT2D eigenvalue weighted by molar-refractivity contribution is 5.89. The molecule has 0 unspecified atom stereocenters. The summed E-state index contributed by atoms with van der Waals surface area (Å²) in [7, 11) is 0. The Hall–Kier alpha value is -2.14. The van der Waals surface area contributed by atoms with E-state index in [9.17, 15) is 4.79 Å². The summed E-state index contributed by atoms with van der Waals surface area (Å²) in [5.41, 5.74) is 1.36. The molecule has 1 aromatic carbocycles. The zero-order chi connectivity index (χ0) is 17.6. The van der Waals surface area contributed by atoms with E-state index in [2.05, 4.69) is 59.5 Å². The van der Waals surface area contributed by atoms with Gasteiger partial charge in [-0.2, -0.15) is 5.10 Å². The maximum Gasteiger partial charge on any atom is 0.225 e. The minimum atomic E-state index is 0.0678. The number of hydrogen-bond donors (Lipinski definition) is 1. The van der Waals surface area contributed by atoms with Gasteiger partial charge in [-0.15, -0.1) is 0 Å². The summed E-state index contributed by atoms with van der Waals surface area (Å²) < 4.78 is 2.00. The number of benzene rings is 1. The van der Waals surface area contributed by atoms with Crippen LogP contribution in [0.1, 0.15) is 44.7 Å². The predicted octanol–water partition coefficient (Wildman–Crippen LogP) is 3.70. The number of hydrogen-bond acceptors (Lipinski definition) is 3. The smallest absolute Gasteiger partial charge is 0.225 e. The molecule has 1 fully saturated rings. The lowest BCUT2D eigenvalue weighted by Crippen LogP contribution is -2.35. The van der Waals surface area contributed by atoms with Crippen molar-refractivity contribution in [3.8, 4) is 0 Å². The topological polar surface area (TPSA) is 50.2 Å². The number of carbonyl (C=O) groups excluding carboxylic acids is 1. The lowest BCUT2D eigenvalue weighted by atomic mass is 10.0. The van der Waals surface area contributed by atoms with Crippen LogP contribution in [0.15, 0.2) is 42.6 Å². The van der Waals surface area contributed by atoms with Gasteiger partial charge in [-0.25, -0.2) is 4.68 Å². The van der Waals surface area contributed by atoms with Crippen molar-refractivity contribution >= 4 is 11.7 Å². The normalized spacial score (nSPS) is 16.3. The molecule has 1 aliphatic rings. The van der Waals surface area contributed by atoms with E-state index in [-0.39, 0.29) is 5.91 Å². The first-order chi connectivity index (χ1) is 12.1. The van der Waals surface area contributed by atoms with Crippen molar-refractivity contribution < 1.29 is 4.79 Å². The van der Waals surface area contributed by atoms with Crippen LogP contribution < -0.4 is 5.32 Å². The highest BCUT2D eigenvalue weighted by Gasteiger charge is 2.23. The fourth-order valence-corrected chi connectivity index (χ4v) is 3.43. The third-order valence-corrected chi connectivity index (χ3v) is 4.68. The Labute approximate surface area is 150 Å². The SMILES string of the molecule is CC(C)CC(=O)Nc1ccnn1C1CCN(Cc2ccccc2)CC1. The highest BCUT2D eigenvalue weighted by atomic mass is 16.1. The summed E-state index contributed by atoms with van der Waals surface area (Å²) in [6, 6.07) is 12.9. The van der Waals surface area contributed by atoms with Gasteiger partial charge in [0.25, 0.3) is 0 Å². The van der Waals surface area contributed by atoms with E-state index >= 15 is 0 Å². The van der Waals surface area contributed by atoms with Crippen LogP contribution in [-0.4, -0.2) is 33.7 Å². The molecule has 0 spiro atoms. The minimum absolute atomic E-state index is 0.0678. The lowest BCUT2D eigenvalue weighted by molar-refractivity contribution is -0.116. The maximum absolute atomic E-state index is 12.1. The summed E-state index contributed by atoms with van der Waals surface area (Å²) in [5, 5.41) is 7.48. The molecular formula is C20H28N4O. The molecule has 1 aromatic heterocycles. The quantitative estimate of drug-likeness (QED) is 0.872. The molecule has 1 aliphatic heterocycles. The molecule has 134 valence electrons. The Balaban J connectivity index is 1.55. The van der Waals surface area contributed by atoms with Gasteiger partial charge in [-0.05, 0) is 24.3 Å². The third kappa shape index (κ3) is 4.92. The van der Waals surface area contributed by atoms with Gasteiger partial charge in [0.2, 0.25) is 5.91 Å². The molecule has 1 saturated heterocycles. The van der Waals surface area contributed by atoms with E-state index in [4.69, 9.17) is 0 Å². The van der Waals surface area contributed by atoms with Gasteiger partial charge in [0.05, 0.1) is 12.2 Å². The standard InChI is InChI=1S/C20H28N4O/c1-16(2)14-20(25)22-19-8-11-21-24(19)18-9-12-23(13-10-18)15-17-6-4-3-5-7-17/h3-8,11,16,18H,9-10,12-15H2,1-2H3,(H,22,25). The van der Waals surface area contributed by atoms with Crippen molar-refractivity contribution in [1.29, 1.82) is 0 Å². The molecule has 1 N–H and O–H groups in total. The second-order valence-electron chi connectivity index (χ2n) is 7.30. The molecule has 0 atom stereocenters. The van der Waals surface area contributed by atoms with Crippen molar-refractivity contribution in [2.75, 3.05) is 18.4 Å². The number of anilines is 1. The molecule has 3 rings (SSSR count). The molecular weight excluding hydrogens is 312 g/mol. The Bertz CT molecular complexity index is 672. The Morgan fingerprint density at radius 1 is 1.20 bits per heavy atom. The zero-order valence-electron chi connectivity index (χ0n) is 15.2. The predicted molar refractivity (Wildman–Crippen MR) is 100 cm³/mol. The van der Waals surface area contributed by atoms with Crippen molar-refractivity contribution in [2.45, 2.75) is 45.7 Å². The molecule has 0 bridgehead atoms. The van der Waals surface area contributed by atoms with Gasteiger partial charge in [0, 0.05) is 32.1 Å². The van der Waals surface area contributed by atoms with E-state index in [0.29, 0.717) is 18.4 Å². The summed E-state index contributed by atoms with van der Waals surface area (Å²) in [5.74, 6) is 1.25.